The van der Waals surface area contributed by atoms with Gasteiger partial charge in [0.2, 0.25) is 23.1 Å². The number of rotatable bonds is 7. The van der Waals surface area contributed by atoms with Crippen LogP contribution in [0, 0.1) is 0 Å². The fourth-order valence-corrected chi connectivity index (χ4v) is 2.45. The molecule has 122 valence electrons. The molecule has 0 radical (unpaired) electrons. The molecule has 0 fully saturated rings. The topological polar surface area (TPSA) is 65.7 Å². The van der Waals surface area contributed by atoms with Crippen molar-refractivity contribution in [3.8, 4) is 0 Å². The van der Waals surface area contributed by atoms with Gasteiger partial charge in [-0.3, -0.25) is 9.59 Å². The van der Waals surface area contributed by atoms with Gasteiger partial charge in [0, 0.05) is 5.57 Å². The minimum Gasteiger partial charge on any atom is -0.490 e. The fourth-order valence-electron chi connectivity index (χ4n) is 2.45. The zero-order valence-corrected chi connectivity index (χ0v) is 13.5. The lowest BCUT2D eigenvalue weighted by Gasteiger charge is -2.17. The Morgan fingerprint density at radius 3 is 2.57 bits per heavy atom. The highest BCUT2D eigenvalue weighted by Crippen LogP contribution is 2.24. The number of ketones is 2. The summed E-state index contributed by atoms with van der Waals surface area (Å²) in [5.41, 5.74) is 2.58. The number of ether oxygens (including phenoxy) is 2. The van der Waals surface area contributed by atoms with Crippen LogP contribution in [0.4, 0.5) is 0 Å². The summed E-state index contributed by atoms with van der Waals surface area (Å²) in [5.74, 6) is -0.708. The van der Waals surface area contributed by atoms with E-state index in [0.717, 1.165) is 24.0 Å². The number of aryl methyl sites for hydroxylation is 1. The van der Waals surface area contributed by atoms with Crippen molar-refractivity contribution in [1.29, 1.82) is 0 Å². The van der Waals surface area contributed by atoms with Crippen molar-refractivity contribution in [3.63, 3.8) is 0 Å². The van der Waals surface area contributed by atoms with Gasteiger partial charge in [0.25, 0.3) is 0 Å². The summed E-state index contributed by atoms with van der Waals surface area (Å²) in [6, 6.07) is 1.93. The molecule has 0 spiro atoms. The molecule has 1 aromatic heterocycles. The third-order valence-corrected chi connectivity index (χ3v) is 3.62. The van der Waals surface area contributed by atoms with Crippen LogP contribution in [0.2, 0.25) is 0 Å². The van der Waals surface area contributed by atoms with Crippen LogP contribution >= 0.6 is 0 Å². The highest BCUT2D eigenvalue weighted by Gasteiger charge is 2.30. The van der Waals surface area contributed by atoms with Gasteiger partial charge in [0.1, 0.15) is 0 Å². The van der Waals surface area contributed by atoms with Gasteiger partial charge in [-0.15, -0.1) is 0 Å². The molecule has 0 amide bonds. The molecule has 5 heteroatoms. The Bertz CT molecular complexity index is 674. The summed E-state index contributed by atoms with van der Waals surface area (Å²) in [7, 11) is 2.70. The summed E-state index contributed by atoms with van der Waals surface area (Å²) in [4.78, 5) is 24.3. The van der Waals surface area contributed by atoms with Gasteiger partial charge in [-0.1, -0.05) is 11.6 Å². The Morgan fingerprint density at radius 1 is 1.22 bits per heavy atom. The van der Waals surface area contributed by atoms with E-state index >= 15 is 0 Å². The van der Waals surface area contributed by atoms with Crippen LogP contribution in [0.3, 0.4) is 0 Å². The molecule has 0 saturated heterocycles. The molecule has 5 nitrogen and oxygen atoms in total. The first kappa shape index (κ1) is 16.8. The summed E-state index contributed by atoms with van der Waals surface area (Å²) >= 11 is 0. The number of hydrogen-bond donors (Lipinski definition) is 0. The lowest BCUT2D eigenvalue weighted by Crippen LogP contribution is -2.21. The van der Waals surface area contributed by atoms with Crippen molar-refractivity contribution in [1.82, 2.24) is 0 Å². The number of carbonyl (C=O) groups is 2. The van der Waals surface area contributed by atoms with Crippen molar-refractivity contribution in [2.75, 3.05) is 14.2 Å². The van der Waals surface area contributed by atoms with Crippen molar-refractivity contribution >= 4 is 11.6 Å². The summed E-state index contributed by atoms with van der Waals surface area (Å²) in [5, 5.41) is 0. The van der Waals surface area contributed by atoms with E-state index < -0.39 is 0 Å². The molecule has 0 bridgehead atoms. The number of carbonyl (C=O) groups excluding carboxylic acids is 2. The smallest absolute Gasteiger partial charge is 0.228 e. The maximum Gasteiger partial charge on any atom is 0.228 e. The van der Waals surface area contributed by atoms with Gasteiger partial charge in [0.15, 0.2) is 0 Å². The van der Waals surface area contributed by atoms with Gasteiger partial charge < -0.3 is 13.9 Å². The molecule has 1 aromatic rings. The molecule has 1 aliphatic rings. The fraction of sp³-hybridized carbons (Fsp3) is 0.333. The number of hydrogen-bond acceptors (Lipinski definition) is 5. The number of allylic oxidation sites excluding steroid dienone is 4. The Kier molecular flexibility index (Phi) is 5.57. The van der Waals surface area contributed by atoms with Gasteiger partial charge in [-0.2, -0.15) is 0 Å². The molecule has 0 aliphatic heterocycles. The van der Waals surface area contributed by atoms with Crippen LogP contribution in [0.1, 0.15) is 25.3 Å². The highest BCUT2D eigenvalue weighted by atomic mass is 16.5. The number of methoxy groups -OCH3 is 2. The van der Waals surface area contributed by atoms with Gasteiger partial charge in [-0.05, 0) is 43.9 Å². The Labute approximate surface area is 135 Å². The molecular weight excluding hydrogens is 296 g/mol. The van der Waals surface area contributed by atoms with Crippen molar-refractivity contribution in [2.24, 2.45) is 0 Å². The van der Waals surface area contributed by atoms with Gasteiger partial charge in [-0.25, -0.2) is 0 Å². The maximum atomic E-state index is 12.3. The summed E-state index contributed by atoms with van der Waals surface area (Å²) < 4.78 is 15.0. The van der Waals surface area contributed by atoms with E-state index in [4.69, 9.17) is 13.9 Å². The molecule has 1 aliphatic carbocycles. The minimum atomic E-state index is -0.342. The Hall–Kier alpha value is -2.56. The lowest BCUT2D eigenvalue weighted by atomic mass is 9.94. The second-order valence-electron chi connectivity index (χ2n) is 5.33. The molecule has 0 N–H and O–H groups in total. The SMILES string of the molecule is COC1=C(OC)C(=O)C(C/C(C)=C/CCc2ccoc2)=CC1=O. The standard InChI is InChI=1S/C18H20O5/c1-12(5-4-6-13-7-8-23-11-13)9-14-10-15(19)17(21-2)18(22-3)16(14)20/h5,7-8,10-11H,4,6,9H2,1-3H3/b12-5+. The van der Waals surface area contributed by atoms with Crippen LogP contribution in [0.5, 0.6) is 0 Å². The molecule has 0 saturated carbocycles. The van der Waals surface area contributed by atoms with Gasteiger partial charge >= 0.3 is 0 Å². The first-order valence-corrected chi connectivity index (χ1v) is 7.35. The van der Waals surface area contributed by atoms with E-state index in [-0.39, 0.29) is 23.1 Å². The van der Waals surface area contributed by atoms with Crippen LogP contribution in [0.25, 0.3) is 0 Å². The van der Waals surface area contributed by atoms with E-state index in [9.17, 15) is 9.59 Å². The highest BCUT2D eigenvalue weighted by molar-refractivity contribution is 6.21. The van der Waals surface area contributed by atoms with E-state index in [1.807, 2.05) is 13.0 Å². The van der Waals surface area contributed by atoms with Crippen LogP contribution < -0.4 is 0 Å². The molecular formula is C18H20O5. The van der Waals surface area contributed by atoms with Crippen LogP contribution in [0.15, 0.2) is 57.8 Å². The second-order valence-corrected chi connectivity index (χ2v) is 5.33. The summed E-state index contributed by atoms with van der Waals surface area (Å²) in [6.07, 6.45) is 8.89. The maximum absolute atomic E-state index is 12.3. The second kappa shape index (κ2) is 7.63. The zero-order chi connectivity index (χ0) is 16.8. The molecule has 23 heavy (non-hydrogen) atoms. The molecule has 0 unspecified atom stereocenters. The lowest BCUT2D eigenvalue weighted by molar-refractivity contribution is -0.120. The average molecular weight is 316 g/mol. The monoisotopic (exact) mass is 316 g/mol. The quantitative estimate of drug-likeness (QED) is 0.571. The van der Waals surface area contributed by atoms with Crippen molar-refractivity contribution < 1.29 is 23.5 Å². The van der Waals surface area contributed by atoms with E-state index in [1.54, 1.807) is 12.5 Å². The molecule has 0 atom stereocenters. The first-order chi connectivity index (χ1) is 11.1. The van der Waals surface area contributed by atoms with E-state index in [2.05, 4.69) is 6.08 Å². The van der Waals surface area contributed by atoms with Crippen LogP contribution in [-0.4, -0.2) is 25.8 Å². The first-order valence-electron chi connectivity index (χ1n) is 7.35. The molecule has 2 rings (SSSR count). The predicted molar refractivity (Wildman–Crippen MR) is 84.5 cm³/mol. The van der Waals surface area contributed by atoms with Crippen molar-refractivity contribution in [3.05, 3.63) is 59.0 Å². The van der Waals surface area contributed by atoms with Crippen molar-refractivity contribution in [2.45, 2.75) is 26.2 Å². The van der Waals surface area contributed by atoms with Crippen LogP contribution in [-0.2, 0) is 25.5 Å². The summed E-state index contributed by atoms with van der Waals surface area (Å²) in [6.45, 7) is 1.94. The Balaban J connectivity index is 2.02. The van der Waals surface area contributed by atoms with E-state index in [0.29, 0.717) is 12.0 Å². The minimum absolute atomic E-state index is 0.0267. The normalized spacial score (nSPS) is 15.8. The number of Topliss-reactive ketones (excluding diaryl/α,β-unsaturated/α-hetero) is 1. The van der Waals surface area contributed by atoms with E-state index in [1.165, 1.54) is 20.3 Å². The molecule has 1 heterocycles. The Morgan fingerprint density at radius 2 is 1.96 bits per heavy atom. The zero-order valence-electron chi connectivity index (χ0n) is 13.5. The molecule has 0 aromatic carbocycles. The number of furan rings is 1. The third-order valence-electron chi connectivity index (χ3n) is 3.62. The average Bonchev–Trinajstić information content (AvgIpc) is 3.03. The van der Waals surface area contributed by atoms with Gasteiger partial charge in [0.05, 0.1) is 26.7 Å². The predicted octanol–water partition coefficient (Wildman–Crippen LogP) is 3.13. The third kappa shape index (κ3) is 4.00. The largest absolute Gasteiger partial charge is 0.490 e.